The van der Waals surface area contributed by atoms with E-state index in [0.29, 0.717) is 12.8 Å². The second-order valence-corrected chi connectivity index (χ2v) is 10.7. The number of esters is 1. The van der Waals surface area contributed by atoms with Crippen LogP contribution in [0.3, 0.4) is 0 Å². The highest BCUT2D eigenvalue weighted by atomic mass is 32.2. The van der Waals surface area contributed by atoms with Crippen LogP contribution in [-0.2, 0) is 24.3 Å². The van der Waals surface area contributed by atoms with Gasteiger partial charge in [-0.3, -0.25) is 9.59 Å². The zero-order chi connectivity index (χ0) is 22.6. The lowest BCUT2D eigenvalue weighted by atomic mass is 9.98. The number of sulfonamides is 1. The van der Waals surface area contributed by atoms with Crippen molar-refractivity contribution in [2.75, 3.05) is 26.2 Å². The van der Waals surface area contributed by atoms with Crippen LogP contribution in [0.1, 0.15) is 56.6 Å². The summed E-state index contributed by atoms with van der Waals surface area (Å²) in [6.45, 7) is 7.44. The predicted octanol–water partition coefficient (Wildman–Crippen LogP) is 3.04. The predicted molar refractivity (Wildman–Crippen MR) is 118 cm³/mol. The van der Waals surface area contributed by atoms with Gasteiger partial charge >= 0.3 is 5.97 Å². The third kappa shape index (κ3) is 5.66. The molecular formula is C23H34N2O5S. The highest BCUT2D eigenvalue weighted by molar-refractivity contribution is 7.89. The van der Waals surface area contributed by atoms with Gasteiger partial charge in [-0.05, 0) is 69.7 Å². The zero-order valence-electron chi connectivity index (χ0n) is 18.8. The fraction of sp³-hybridized carbons (Fsp3) is 0.652. The normalized spacial score (nSPS) is 20.2. The summed E-state index contributed by atoms with van der Waals surface area (Å²) in [4.78, 5) is 27.3. The molecule has 0 saturated carbocycles. The van der Waals surface area contributed by atoms with Crippen molar-refractivity contribution >= 4 is 21.9 Å². The molecule has 1 aromatic rings. The average Bonchev–Trinajstić information content (AvgIpc) is 3.04. The van der Waals surface area contributed by atoms with E-state index in [9.17, 15) is 18.0 Å². The number of benzene rings is 1. The van der Waals surface area contributed by atoms with Gasteiger partial charge in [0.1, 0.15) is 0 Å². The number of carbonyl (C=O) groups excluding carboxylic acids is 2. The van der Waals surface area contributed by atoms with Crippen LogP contribution in [0.4, 0.5) is 0 Å². The SMILES string of the molecule is Cc1ccc(S(=O)(=O)N2CCC(C(=O)O[C@H](C)C(=O)N3CCCCCC3)CC2)cc1C. The first-order valence-corrected chi connectivity index (χ1v) is 12.7. The van der Waals surface area contributed by atoms with Gasteiger partial charge < -0.3 is 9.64 Å². The zero-order valence-corrected chi connectivity index (χ0v) is 19.6. The van der Waals surface area contributed by atoms with E-state index >= 15 is 0 Å². The van der Waals surface area contributed by atoms with Crippen LogP contribution in [0.25, 0.3) is 0 Å². The van der Waals surface area contributed by atoms with E-state index in [1.807, 2.05) is 19.9 Å². The Kier molecular flexibility index (Phi) is 7.75. The van der Waals surface area contributed by atoms with Crippen molar-refractivity contribution in [3.8, 4) is 0 Å². The van der Waals surface area contributed by atoms with Gasteiger partial charge in [0.2, 0.25) is 10.0 Å². The van der Waals surface area contributed by atoms with Crippen LogP contribution < -0.4 is 0 Å². The Balaban J connectivity index is 1.54. The van der Waals surface area contributed by atoms with Gasteiger partial charge in [0.05, 0.1) is 10.8 Å². The quantitative estimate of drug-likeness (QED) is 0.644. The lowest BCUT2D eigenvalue weighted by Crippen LogP contribution is -2.43. The number of hydrogen-bond donors (Lipinski definition) is 0. The van der Waals surface area contributed by atoms with Crippen LogP contribution in [0, 0.1) is 19.8 Å². The Labute approximate surface area is 185 Å². The molecule has 1 atom stereocenters. The summed E-state index contributed by atoms with van der Waals surface area (Å²) in [6.07, 6.45) is 4.21. The molecule has 1 aromatic carbocycles. The first-order chi connectivity index (χ1) is 14.7. The molecule has 1 amide bonds. The molecule has 0 aromatic heterocycles. The number of amides is 1. The Hall–Kier alpha value is -1.93. The van der Waals surface area contributed by atoms with Crippen LogP contribution in [0.15, 0.2) is 23.1 Å². The second-order valence-electron chi connectivity index (χ2n) is 8.74. The summed E-state index contributed by atoms with van der Waals surface area (Å²) in [5.41, 5.74) is 1.98. The van der Waals surface area contributed by atoms with E-state index in [1.54, 1.807) is 24.0 Å². The molecule has 0 N–H and O–H groups in total. The minimum Gasteiger partial charge on any atom is -0.452 e. The van der Waals surface area contributed by atoms with Gasteiger partial charge in [0.25, 0.3) is 5.91 Å². The Morgan fingerprint density at radius 2 is 1.58 bits per heavy atom. The number of ether oxygens (including phenoxy) is 1. The third-order valence-corrected chi connectivity index (χ3v) is 8.36. The largest absolute Gasteiger partial charge is 0.452 e. The Morgan fingerprint density at radius 1 is 0.968 bits per heavy atom. The highest BCUT2D eigenvalue weighted by Crippen LogP contribution is 2.26. The molecular weight excluding hydrogens is 416 g/mol. The first kappa shape index (κ1) is 23.7. The second kappa shape index (κ2) is 10.1. The molecule has 3 rings (SSSR count). The van der Waals surface area contributed by atoms with E-state index in [0.717, 1.165) is 49.9 Å². The Morgan fingerprint density at radius 3 is 2.16 bits per heavy atom. The van der Waals surface area contributed by atoms with Gasteiger partial charge in [-0.15, -0.1) is 0 Å². The van der Waals surface area contributed by atoms with E-state index < -0.39 is 22.1 Å². The molecule has 8 heteroatoms. The van der Waals surface area contributed by atoms with Crippen molar-refractivity contribution in [2.45, 2.75) is 70.3 Å². The molecule has 172 valence electrons. The molecule has 2 heterocycles. The summed E-state index contributed by atoms with van der Waals surface area (Å²) in [5.74, 6) is -0.922. The van der Waals surface area contributed by atoms with Crippen molar-refractivity contribution in [2.24, 2.45) is 5.92 Å². The van der Waals surface area contributed by atoms with Crippen molar-refractivity contribution in [3.05, 3.63) is 29.3 Å². The number of piperidine rings is 1. The smallest absolute Gasteiger partial charge is 0.309 e. The highest BCUT2D eigenvalue weighted by Gasteiger charge is 2.34. The molecule has 7 nitrogen and oxygen atoms in total. The number of nitrogens with zero attached hydrogens (tertiary/aromatic N) is 2. The van der Waals surface area contributed by atoms with Gasteiger partial charge in [-0.1, -0.05) is 18.9 Å². The summed E-state index contributed by atoms with van der Waals surface area (Å²) in [5, 5.41) is 0. The van der Waals surface area contributed by atoms with Crippen LogP contribution in [0.5, 0.6) is 0 Å². The number of hydrogen-bond acceptors (Lipinski definition) is 5. The topological polar surface area (TPSA) is 84.0 Å². The van der Waals surface area contributed by atoms with Crippen molar-refractivity contribution in [1.82, 2.24) is 9.21 Å². The molecule has 31 heavy (non-hydrogen) atoms. The summed E-state index contributed by atoms with van der Waals surface area (Å²) < 4.78 is 32.8. The van der Waals surface area contributed by atoms with Gasteiger partial charge in [-0.25, -0.2) is 8.42 Å². The van der Waals surface area contributed by atoms with Crippen molar-refractivity contribution < 1.29 is 22.7 Å². The third-order valence-electron chi connectivity index (χ3n) is 6.46. The standard InChI is InChI=1S/C23H34N2O5S/c1-17-8-9-21(16-18(17)2)31(28,29)25-14-10-20(11-15-25)23(27)30-19(3)22(26)24-12-6-4-5-7-13-24/h8-9,16,19-20H,4-7,10-15H2,1-3H3/t19-/m1/s1. The summed E-state index contributed by atoms with van der Waals surface area (Å²) in [6, 6.07) is 5.14. The van der Waals surface area contributed by atoms with Gasteiger partial charge in [0.15, 0.2) is 6.10 Å². The molecule has 2 saturated heterocycles. The molecule has 2 fully saturated rings. The van der Waals surface area contributed by atoms with E-state index in [2.05, 4.69) is 0 Å². The number of rotatable bonds is 5. The maximum atomic E-state index is 13.0. The molecule has 2 aliphatic rings. The maximum Gasteiger partial charge on any atom is 0.309 e. The van der Waals surface area contributed by atoms with E-state index in [-0.39, 0.29) is 29.8 Å². The number of aryl methyl sites for hydroxylation is 2. The van der Waals surface area contributed by atoms with Crippen LogP contribution >= 0.6 is 0 Å². The molecule has 0 bridgehead atoms. The first-order valence-electron chi connectivity index (χ1n) is 11.3. The van der Waals surface area contributed by atoms with E-state index in [4.69, 9.17) is 4.74 Å². The van der Waals surface area contributed by atoms with Crippen LogP contribution in [-0.4, -0.2) is 61.8 Å². The molecule has 0 aliphatic carbocycles. The van der Waals surface area contributed by atoms with Crippen molar-refractivity contribution in [3.63, 3.8) is 0 Å². The lowest BCUT2D eigenvalue weighted by molar-refractivity contribution is -0.163. The fourth-order valence-corrected chi connectivity index (χ4v) is 5.78. The summed E-state index contributed by atoms with van der Waals surface area (Å²) >= 11 is 0. The van der Waals surface area contributed by atoms with E-state index in [1.165, 1.54) is 4.31 Å². The minimum absolute atomic E-state index is 0.134. The number of carbonyl (C=O) groups is 2. The average molecular weight is 451 g/mol. The van der Waals surface area contributed by atoms with Crippen molar-refractivity contribution in [1.29, 1.82) is 0 Å². The maximum absolute atomic E-state index is 13.0. The molecule has 2 aliphatic heterocycles. The fourth-order valence-electron chi connectivity index (χ4n) is 4.22. The number of likely N-dealkylation sites (tertiary alicyclic amines) is 1. The molecule has 0 unspecified atom stereocenters. The van der Waals surface area contributed by atoms with Gasteiger partial charge in [0, 0.05) is 26.2 Å². The molecule has 0 radical (unpaired) electrons. The molecule has 0 spiro atoms. The van der Waals surface area contributed by atoms with Gasteiger partial charge in [-0.2, -0.15) is 4.31 Å². The van der Waals surface area contributed by atoms with Crippen LogP contribution in [0.2, 0.25) is 0 Å². The monoisotopic (exact) mass is 450 g/mol. The summed E-state index contributed by atoms with van der Waals surface area (Å²) in [7, 11) is -3.58. The Bertz CT molecular complexity index is 899. The lowest BCUT2D eigenvalue weighted by Gasteiger charge is -2.31. The minimum atomic E-state index is -3.58.